The maximum Gasteiger partial charge on any atom is 0.263 e. The molecule has 0 aliphatic carbocycles. The van der Waals surface area contributed by atoms with Crippen LogP contribution in [0.15, 0.2) is 70.0 Å². The number of benzene rings is 3. The van der Waals surface area contributed by atoms with E-state index in [1.165, 1.54) is 48.2 Å². The van der Waals surface area contributed by atoms with Crippen LogP contribution >= 0.6 is 11.8 Å². The SMILES string of the molecule is CC1(C)SCCN(S(=O)(=O)c2ccc3oc4cc(NC(=O)c5ccccc5F)ccc4c3c2)C1C(=O)NO. The first-order valence-corrected chi connectivity index (χ1v) is 14.1. The summed E-state index contributed by atoms with van der Waals surface area (Å²) in [4.78, 5) is 25.0. The average Bonchev–Trinajstić information content (AvgIpc) is 3.24. The summed E-state index contributed by atoms with van der Waals surface area (Å²) in [6.45, 7) is 3.62. The number of hydrogen-bond acceptors (Lipinski definition) is 7. The number of carbonyl (C=O) groups excluding carboxylic acids is 2. The number of sulfonamides is 1. The highest BCUT2D eigenvalue weighted by Gasteiger charge is 2.48. The summed E-state index contributed by atoms with van der Waals surface area (Å²) in [5.41, 5.74) is 2.71. The van der Waals surface area contributed by atoms with Crippen LogP contribution in [0.4, 0.5) is 10.1 Å². The van der Waals surface area contributed by atoms with Crippen molar-refractivity contribution in [2.75, 3.05) is 17.6 Å². The Labute approximate surface area is 222 Å². The van der Waals surface area contributed by atoms with Gasteiger partial charge in [-0.2, -0.15) is 16.1 Å². The van der Waals surface area contributed by atoms with Gasteiger partial charge in [-0.15, -0.1) is 0 Å². The molecule has 4 aromatic rings. The van der Waals surface area contributed by atoms with Crippen molar-refractivity contribution in [3.63, 3.8) is 0 Å². The lowest BCUT2D eigenvalue weighted by atomic mass is 10.0. The van der Waals surface area contributed by atoms with Gasteiger partial charge in [-0.3, -0.25) is 14.8 Å². The number of hydrogen-bond donors (Lipinski definition) is 3. The third kappa shape index (κ3) is 4.53. The van der Waals surface area contributed by atoms with E-state index in [0.29, 0.717) is 33.4 Å². The second kappa shape index (κ2) is 9.70. The molecule has 1 saturated heterocycles. The lowest BCUT2D eigenvalue weighted by Gasteiger charge is -2.43. The van der Waals surface area contributed by atoms with Crippen molar-refractivity contribution in [2.45, 2.75) is 29.5 Å². The van der Waals surface area contributed by atoms with Crippen LogP contribution < -0.4 is 10.8 Å². The lowest BCUT2D eigenvalue weighted by Crippen LogP contribution is -2.61. The number of nitrogens with zero attached hydrogens (tertiary/aromatic N) is 1. The summed E-state index contributed by atoms with van der Waals surface area (Å²) in [6.07, 6.45) is 0. The van der Waals surface area contributed by atoms with Gasteiger partial charge >= 0.3 is 0 Å². The highest BCUT2D eigenvalue weighted by atomic mass is 32.2. The molecule has 9 nitrogen and oxygen atoms in total. The fourth-order valence-electron chi connectivity index (χ4n) is 4.69. The number of halogens is 1. The standard InChI is InChI=1S/C26H24FN3O6S2/c1-26(2)23(25(32)29-33)30(11-12-37-26)38(34,35)16-8-10-21-19(14-16)17-9-7-15(13-22(17)36-21)28-24(31)18-5-3-4-6-20(18)27/h3-10,13-14,23,33H,11-12H2,1-2H3,(H,28,31)(H,29,32). The van der Waals surface area contributed by atoms with E-state index in [-0.39, 0.29) is 17.0 Å². The molecule has 0 saturated carbocycles. The van der Waals surface area contributed by atoms with Crippen molar-refractivity contribution in [1.82, 2.24) is 9.79 Å². The van der Waals surface area contributed by atoms with E-state index in [1.807, 2.05) is 0 Å². The van der Waals surface area contributed by atoms with Gasteiger partial charge in [0.25, 0.3) is 11.8 Å². The van der Waals surface area contributed by atoms with Crippen LogP contribution in [0.2, 0.25) is 0 Å². The second-order valence-electron chi connectivity index (χ2n) is 9.35. The lowest BCUT2D eigenvalue weighted by molar-refractivity contribution is -0.134. The first-order valence-electron chi connectivity index (χ1n) is 11.6. The van der Waals surface area contributed by atoms with Gasteiger partial charge in [-0.1, -0.05) is 12.1 Å². The molecule has 0 spiro atoms. The van der Waals surface area contributed by atoms with E-state index < -0.39 is 38.4 Å². The van der Waals surface area contributed by atoms with Crippen molar-refractivity contribution in [3.8, 4) is 0 Å². The Hall–Kier alpha value is -3.45. The number of thioether (sulfide) groups is 1. The minimum atomic E-state index is -4.12. The molecule has 2 amide bonds. The molecule has 1 aliphatic rings. The Kier molecular flexibility index (Phi) is 6.68. The van der Waals surface area contributed by atoms with Crippen molar-refractivity contribution in [3.05, 3.63) is 72.0 Å². The molecule has 5 rings (SSSR count). The highest BCUT2D eigenvalue weighted by Crippen LogP contribution is 2.39. The third-order valence-electron chi connectivity index (χ3n) is 6.52. The smallest absolute Gasteiger partial charge is 0.263 e. The monoisotopic (exact) mass is 557 g/mol. The average molecular weight is 558 g/mol. The van der Waals surface area contributed by atoms with Crippen molar-refractivity contribution in [2.24, 2.45) is 0 Å². The van der Waals surface area contributed by atoms with Crippen LogP contribution in [-0.4, -0.2) is 52.8 Å². The number of amides is 2. The topological polar surface area (TPSA) is 129 Å². The van der Waals surface area contributed by atoms with Gasteiger partial charge in [0.2, 0.25) is 10.0 Å². The molecule has 1 fully saturated rings. The van der Waals surface area contributed by atoms with Gasteiger partial charge in [0.15, 0.2) is 0 Å². The van der Waals surface area contributed by atoms with E-state index in [9.17, 15) is 27.6 Å². The van der Waals surface area contributed by atoms with Crippen molar-refractivity contribution < 1.29 is 32.0 Å². The fraction of sp³-hybridized carbons (Fsp3) is 0.231. The molecule has 1 aliphatic heterocycles. The molecule has 0 radical (unpaired) electrons. The summed E-state index contributed by atoms with van der Waals surface area (Å²) < 4.78 is 47.6. The van der Waals surface area contributed by atoms with Crippen LogP contribution in [0, 0.1) is 5.82 Å². The zero-order valence-electron chi connectivity index (χ0n) is 20.4. The van der Waals surface area contributed by atoms with Crippen LogP contribution in [0.25, 0.3) is 21.9 Å². The molecule has 1 aromatic heterocycles. The predicted octanol–water partition coefficient (Wildman–Crippen LogP) is 4.37. The molecule has 198 valence electrons. The first kappa shape index (κ1) is 26.2. The number of furan rings is 1. The molecule has 1 atom stereocenters. The van der Waals surface area contributed by atoms with Gasteiger partial charge in [0.1, 0.15) is 23.0 Å². The molecular formula is C26H24FN3O6S2. The summed E-state index contributed by atoms with van der Waals surface area (Å²) in [7, 11) is -4.12. The maximum absolute atomic E-state index is 14.0. The van der Waals surface area contributed by atoms with E-state index in [4.69, 9.17) is 4.42 Å². The Bertz CT molecular complexity index is 1690. The largest absolute Gasteiger partial charge is 0.456 e. The van der Waals surface area contributed by atoms with Crippen molar-refractivity contribution >= 4 is 61.2 Å². The molecule has 38 heavy (non-hydrogen) atoms. The van der Waals surface area contributed by atoms with E-state index in [1.54, 1.807) is 43.6 Å². The number of anilines is 1. The number of nitrogens with one attached hydrogen (secondary N) is 2. The number of carbonyl (C=O) groups is 2. The zero-order valence-corrected chi connectivity index (χ0v) is 22.0. The summed E-state index contributed by atoms with van der Waals surface area (Å²) in [6, 6.07) is 13.8. The minimum Gasteiger partial charge on any atom is -0.456 e. The Balaban J connectivity index is 1.50. The molecule has 1 unspecified atom stereocenters. The summed E-state index contributed by atoms with van der Waals surface area (Å²) in [5, 5.41) is 13.1. The first-order chi connectivity index (χ1) is 18.0. The predicted molar refractivity (Wildman–Crippen MR) is 142 cm³/mol. The van der Waals surface area contributed by atoms with Gasteiger partial charge in [-0.25, -0.2) is 18.3 Å². The third-order valence-corrected chi connectivity index (χ3v) is 9.73. The number of fused-ring (bicyclic) bond motifs is 3. The normalized spacial score (nSPS) is 17.9. The number of hydroxylamine groups is 1. The molecule has 3 aromatic carbocycles. The van der Waals surface area contributed by atoms with E-state index in [0.717, 1.165) is 4.31 Å². The number of rotatable bonds is 5. The molecule has 0 bridgehead atoms. The van der Waals surface area contributed by atoms with Gasteiger partial charge in [-0.05, 0) is 56.3 Å². The maximum atomic E-state index is 14.0. The van der Waals surface area contributed by atoms with E-state index >= 15 is 0 Å². The van der Waals surface area contributed by atoms with Gasteiger partial charge in [0, 0.05) is 39.6 Å². The minimum absolute atomic E-state index is 0.0249. The quantitative estimate of drug-likeness (QED) is 0.246. The molecule has 3 N–H and O–H groups in total. The molecular weight excluding hydrogens is 533 g/mol. The summed E-state index contributed by atoms with van der Waals surface area (Å²) >= 11 is 1.45. The molecule has 2 heterocycles. The fourth-order valence-corrected chi connectivity index (χ4v) is 7.83. The zero-order chi connectivity index (χ0) is 27.2. The van der Waals surface area contributed by atoms with Gasteiger partial charge in [0.05, 0.1) is 10.5 Å². The Morgan fingerprint density at radius 2 is 1.84 bits per heavy atom. The van der Waals surface area contributed by atoms with Crippen molar-refractivity contribution in [1.29, 1.82) is 0 Å². The Morgan fingerprint density at radius 3 is 2.58 bits per heavy atom. The second-order valence-corrected chi connectivity index (χ2v) is 13.0. The van der Waals surface area contributed by atoms with Crippen LogP contribution in [0.5, 0.6) is 0 Å². The Morgan fingerprint density at radius 1 is 1.08 bits per heavy atom. The van der Waals surface area contributed by atoms with E-state index in [2.05, 4.69) is 5.32 Å². The van der Waals surface area contributed by atoms with Crippen LogP contribution in [0.3, 0.4) is 0 Å². The molecule has 12 heteroatoms. The summed E-state index contributed by atoms with van der Waals surface area (Å²) in [5.74, 6) is -1.57. The highest BCUT2D eigenvalue weighted by molar-refractivity contribution is 8.01. The van der Waals surface area contributed by atoms with Crippen LogP contribution in [-0.2, 0) is 14.8 Å². The van der Waals surface area contributed by atoms with Gasteiger partial charge < -0.3 is 9.73 Å². The van der Waals surface area contributed by atoms with Crippen LogP contribution in [0.1, 0.15) is 24.2 Å².